The van der Waals surface area contributed by atoms with Crippen molar-refractivity contribution in [1.82, 2.24) is 0 Å². The summed E-state index contributed by atoms with van der Waals surface area (Å²) in [6.45, 7) is 5.77. The van der Waals surface area contributed by atoms with E-state index in [0.29, 0.717) is 5.75 Å². The van der Waals surface area contributed by atoms with Crippen LogP contribution in [0.2, 0.25) is 0 Å². The maximum atomic E-state index is 5.44. The highest BCUT2D eigenvalue weighted by Gasteiger charge is 2.16. The largest absolute Gasteiger partial charge is 0.426 e. The van der Waals surface area contributed by atoms with Crippen LogP contribution in [0.1, 0.15) is 19.4 Å². The van der Waals surface area contributed by atoms with Crippen molar-refractivity contribution in [3.8, 4) is 5.75 Å². The van der Waals surface area contributed by atoms with Gasteiger partial charge in [0.05, 0.1) is 18.0 Å². The monoisotopic (exact) mass is 248 g/mol. The highest BCUT2D eigenvalue weighted by molar-refractivity contribution is 7.43. The molecule has 0 bridgehead atoms. The summed E-state index contributed by atoms with van der Waals surface area (Å²) >= 11 is 5.28. The van der Waals surface area contributed by atoms with E-state index in [2.05, 4.69) is 4.08 Å². The van der Waals surface area contributed by atoms with Crippen molar-refractivity contribution >= 4 is 20.5 Å². The minimum Gasteiger partial charge on any atom is -0.426 e. The minimum absolute atomic E-state index is 0.0136. The fraction of sp³-hybridized carbons (Fsp3) is 0.400. The summed E-state index contributed by atoms with van der Waals surface area (Å²) in [5.74, 6) is 0.697. The van der Waals surface area contributed by atoms with Crippen molar-refractivity contribution in [3.05, 3.63) is 29.8 Å². The first kappa shape index (κ1) is 12.7. The van der Waals surface area contributed by atoms with Gasteiger partial charge in [-0.3, -0.25) is 4.52 Å². The molecule has 0 N–H and O–H groups in total. The third-order valence-electron chi connectivity index (χ3n) is 1.52. The van der Waals surface area contributed by atoms with Gasteiger partial charge in [0.15, 0.2) is 0 Å². The van der Waals surface area contributed by atoms with Gasteiger partial charge in [0.1, 0.15) is 5.75 Å². The van der Waals surface area contributed by atoms with Crippen LogP contribution in [0.5, 0.6) is 5.75 Å². The maximum Gasteiger partial charge on any atom is 0.415 e. The van der Waals surface area contributed by atoms with Crippen LogP contribution in [-0.4, -0.2) is 6.10 Å². The zero-order chi connectivity index (χ0) is 11.3. The predicted octanol–water partition coefficient (Wildman–Crippen LogP) is 4.20. The van der Waals surface area contributed by atoms with E-state index in [1.54, 1.807) is 0 Å². The Labute approximate surface area is 96.5 Å². The molecule has 1 rings (SSSR count). The van der Waals surface area contributed by atoms with Gasteiger partial charge in [0, 0.05) is 0 Å². The number of aryl methyl sites for hydroxylation is 1. The number of rotatable bonds is 5. The Morgan fingerprint density at radius 3 is 2.60 bits per heavy atom. The van der Waals surface area contributed by atoms with Gasteiger partial charge in [-0.15, -0.1) is 0 Å². The summed E-state index contributed by atoms with van der Waals surface area (Å²) in [5.41, 5.74) is 1.11. The lowest BCUT2D eigenvalue weighted by Gasteiger charge is -2.15. The van der Waals surface area contributed by atoms with Gasteiger partial charge in [-0.05, 0) is 38.5 Å². The number of benzene rings is 1. The average Bonchev–Trinajstić information content (AvgIpc) is 2.16. The molecular formula is C10H14ClO3P. The first-order valence-corrected chi connectivity index (χ1v) is 6.02. The molecule has 0 radical (unpaired) electrons. The van der Waals surface area contributed by atoms with Crippen molar-refractivity contribution < 1.29 is 13.1 Å². The molecule has 0 heterocycles. The number of hydrogen-bond acceptors (Lipinski definition) is 3. The van der Waals surface area contributed by atoms with E-state index in [-0.39, 0.29) is 6.10 Å². The van der Waals surface area contributed by atoms with Crippen LogP contribution in [0.4, 0.5) is 0 Å². The van der Waals surface area contributed by atoms with Crippen molar-refractivity contribution in [2.24, 2.45) is 0 Å². The molecule has 0 aliphatic heterocycles. The van der Waals surface area contributed by atoms with Crippen molar-refractivity contribution in [2.45, 2.75) is 26.9 Å². The maximum absolute atomic E-state index is 5.44. The standard InChI is InChI=1S/C10H14ClO3P/c1-8(2)12-15(14-11)13-10-6-4-5-9(3)7-10/h4-8H,1-3H3. The lowest BCUT2D eigenvalue weighted by Crippen LogP contribution is -2.01. The molecule has 0 saturated carbocycles. The molecule has 15 heavy (non-hydrogen) atoms. The highest BCUT2D eigenvalue weighted by Crippen LogP contribution is 2.42. The van der Waals surface area contributed by atoms with E-state index in [1.165, 1.54) is 0 Å². The predicted molar refractivity (Wildman–Crippen MR) is 61.9 cm³/mol. The highest BCUT2D eigenvalue weighted by atomic mass is 35.5. The summed E-state index contributed by atoms with van der Waals surface area (Å²) in [5, 5.41) is 0. The molecule has 3 nitrogen and oxygen atoms in total. The molecule has 0 saturated heterocycles. The second-order valence-corrected chi connectivity index (χ2v) is 4.75. The van der Waals surface area contributed by atoms with Crippen LogP contribution in [0.25, 0.3) is 0 Å². The van der Waals surface area contributed by atoms with Gasteiger partial charge >= 0.3 is 8.60 Å². The molecule has 0 fully saturated rings. The Bertz CT molecular complexity index is 306. The molecule has 0 aliphatic rings. The van der Waals surface area contributed by atoms with E-state index in [1.807, 2.05) is 45.0 Å². The molecule has 1 aromatic rings. The normalized spacial score (nSPS) is 12.9. The summed E-state index contributed by atoms with van der Waals surface area (Å²) in [6.07, 6.45) is 0.0136. The van der Waals surface area contributed by atoms with Gasteiger partial charge in [-0.25, -0.2) is 0 Å². The van der Waals surface area contributed by atoms with E-state index in [4.69, 9.17) is 20.9 Å². The van der Waals surface area contributed by atoms with Crippen LogP contribution in [0.3, 0.4) is 0 Å². The summed E-state index contributed by atoms with van der Waals surface area (Å²) < 4.78 is 15.4. The van der Waals surface area contributed by atoms with Crippen LogP contribution in [0.15, 0.2) is 24.3 Å². The molecule has 0 spiro atoms. The van der Waals surface area contributed by atoms with E-state index in [9.17, 15) is 0 Å². The van der Waals surface area contributed by atoms with E-state index >= 15 is 0 Å². The minimum atomic E-state index is -1.52. The van der Waals surface area contributed by atoms with Crippen LogP contribution in [0, 0.1) is 6.92 Å². The number of halogens is 1. The summed E-state index contributed by atoms with van der Waals surface area (Å²) in [7, 11) is -1.52. The Kier molecular flexibility index (Phi) is 5.34. The van der Waals surface area contributed by atoms with Gasteiger partial charge in [-0.1, -0.05) is 12.1 Å². The second kappa shape index (κ2) is 6.29. The van der Waals surface area contributed by atoms with Crippen molar-refractivity contribution in [1.29, 1.82) is 0 Å². The zero-order valence-corrected chi connectivity index (χ0v) is 10.6. The molecule has 1 unspecified atom stereocenters. The SMILES string of the molecule is Cc1cccc(OP(OCl)OC(C)C)c1. The fourth-order valence-corrected chi connectivity index (χ4v) is 1.90. The Morgan fingerprint density at radius 2 is 2.07 bits per heavy atom. The van der Waals surface area contributed by atoms with Gasteiger partial charge in [0.2, 0.25) is 0 Å². The summed E-state index contributed by atoms with van der Waals surface area (Å²) in [6, 6.07) is 7.62. The molecule has 0 aromatic heterocycles. The quantitative estimate of drug-likeness (QED) is 0.731. The first-order chi connectivity index (χ1) is 7.11. The smallest absolute Gasteiger partial charge is 0.415 e. The molecule has 0 aliphatic carbocycles. The topological polar surface area (TPSA) is 27.7 Å². The van der Waals surface area contributed by atoms with E-state index < -0.39 is 8.60 Å². The zero-order valence-electron chi connectivity index (χ0n) is 8.94. The fourth-order valence-electron chi connectivity index (χ4n) is 0.982. The van der Waals surface area contributed by atoms with Crippen LogP contribution < -0.4 is 4.52 Å². The lowest BCUT2D eigenvalue weighted by atomic mass is 10.2. The molecule has 0 amide bonds. The summed E-state index contributed by atoms with van der Waals surface area (Å²) in [4.78, 5) is 0. The Balaban J connectivity index is 2.58. The lowest BCUT2D eigenvalue weighted by molar-refractivity contribution is 0.213. The van der Waals surface area contributed by atoms with E-state index in [0.717, 1.165) is 5.56 Å². The Hall–Kier alpha value is -0.340. The van der Waals surface area contributed by atoms with Gasteiger partial charge in [-0.2, -0.15) is 4.08 Å². The first-order valence-electron chi connectivity index (χ1n) is 4.62. The third kappa shape index (κ3) is 4.80. The molecule has 1 atom stereocenters. The van der Waals surface area contributed by atoms with Crippen molar-refractivity contribution in [3.63, 3.8) is 0 Å². The number of hydrogen-bond donors (Lipinski definition) is 0. The molecule has 1 aromatic carbocycles. The average molecular weight is 249 g/mol. The second-order valence-electron chi connectivity index (χ2n) is 3.35. The third-order valence-corrected chi connectivity index (χ3v) is 2.93. The van der Waals surface area contributed by atoms with Crippen LogP contribution >= 0.6 is 20.5 Å². The molecular weight excluding hydrogens is 235 g/mol. The Morgan fingerprint density at radius 1 is 1.33 bits per heavy atom. The molecule has 84 valence electrons. The van der Waals surface area contributed by atoms with Gasteiger partial charge in [0.25, 0.3) is 0 Å². The van der Waals surface area contributed by atoms with Crippen molar-refractivity contribution in [2.75, 3.05) is 0 Å². The van der Waals surface area contributed by atoms with Crippen LogP contribution in [-0.2, 0) is 8.60 Å². The molecule has 5 heteroatoms. The van der Waals surface area contributed by atoms with Gasteiger partial charge < -0.3 is 4.52 Å².